The van der Waals surface area contributed by atoms with Crippen molar-refractivity contribution in [3.8, 4) is 0 Å². The number of rotatable bonds is 18. The van der Waals surface area contributed by atoms with E-state index in [0.717, 1.165) is 29.9 Å². The highest BCUT2D eigenvalue weighted by Crippen LogP contribution is 2.21. The molecule has 3 N–H and O–H groups in total. The van der Waals surface area contributed by atoms with E-state index in [1.54, 1.807) is 12.1 Å². The predicted molar refractivity (Wildman–Crippen MR) is 134 cm³/mol. The topological polar surface area (TPSA) is 78.4 Å². The fourth-order valence-electron chi connectivity index (χ4n) is 3.83. The summed E-state index contributed by atoms with van der Waals surface area (Å²) in [5.41, 5.74) is 1.75. The predicted octanol–water partition coefficient (Wildman–Crippen LogP) is 8.29. The van der Waals surface area contributed by atoms with Crippen molar-refractivity contribution >= 4 is 10.1 Å². The van der Waals surface area contributed by atoms with Crippen molar-refractivity contribution in [3.63, 3.8) is 0 Å². The van der Waals surface area contributed by atoms with Crippen molar-refractivity contribution < 1.29 is 12.6 Å². The second-order valence-electron chi connectivity index (χ2n) is 9.25. The van der Waals surface area contributed by atoms with Gasteiger partial charge in [0.15, 0.2) is 0 Å². The molecule has 5 heteroatoms. The van der Waals surface area contributed by atoms with Crippen LogP contribution < -0.4 is 6.15 Å². The summed E-state index contributed by atoms with van der Waals surface area (Å²) in [6.45, 7) is 8.66. The molecule has 0 spiro atoms. The van der Waals surface area contributed by atoms with Crippen LogP contribution >= 0.6 is 0 Å². The molecule has 31 heavy (non-hydrogen) atoms. The van der Waals surface area contributed by atoms with E-state index in [-0.39, 0.29) is 12.8 Å². The first-order valence-electron chi connectivity index (χ1n) is 12.3. The summed E-state index contributed by atoms with van der Waals surface area (Å²) in [6.07, 6.45) is 18.1. The molecule has 0 amide bonds. The van der Waals surface area contributed by atoms with Gasteiger partial charge in [-0.1, -0.05) is 109 Å². The third kappa shape index (κ3) is 14.0. The first-order chi connectivity index (χ1) is 14.3. The highest BCUT2D eigenvalue weighted by Gasteiger charge is 2.18. The highest BCUT2D eigenvalue weighted by atomic mass is 32.2. The Labute approximate surface area is 193 Å². The largest absolute Gasteiger partial charge is 0.344 e. The van der Waals surface area contributed by atoms with Gasteiger partial charge in [-0.25, -0.2) is 0 Å². The molecule has 4 nitrogen and oxygen atoms in total. The van der Waals surface area contributed by atoms with E-state index in [4.69, 9.17) is 4.18 Å². The maximum Gasteiger partial charge on any atom is 0.297 e. The molecule has 0 aromatic heterocycles. The van der Waals surface area contributed by atoms with Crippen LogP contribution in [0.5, 0.6) is 0 Å². The summed E-state index contributed by atoms with van der Waals surface area (Å²) in [6, 6.07) is 5.32. The maximum atomic E-state index is 12.3. The van der Waals surface area contributed by atoms with Crippen molar-refractivity contribution in [1.29, 1.82) is 0 Å². The van der Waals surface area contributed by atoms with Gasteiger partial charge in [0, 0.05) is 0 Å². The van der Waals surface area contributed by atoms with Crippen LogP contribution in [0.25, 0.3) is 0 Å². The number of aryl methyl sites for hydroxylation is 1. The Morgan fingerprint density at radius 3 is 1.68 bits per heavy atom. The van der Waals surface area contributed by atoms with Crippen molar-refractivity contribution in [3.05, 3.63) is 29.3 Å². The molecule has 1 aromatic carbocycles. The SMILES string of the molecule is Cc1cccc(S(=O)(=O)OCCCCCCCCCCCCCCCC(C)C)c1C.N. The summed E-state index contributed by atoms with van der Waals surface area (Å²) in [4.78, 5) is 0.304. The van der Waals surface area contributed by atoms with Gasteiger partial charge in [0.1, 0.15) is 0 Å². The highest BCUT2D eigenvalue weighted by molar-refractivity contribution is 7.86. The summed E-state index contributed by atoms with van der Waals surface area (Å²) in [5.74, 6) is 0.855. The Morgan fingerprint density at radius 1 is 0.742 bits per heavy atom. The Kier molecular flexibility index (Phi) is 17.1. The Hall–Kier alpha value is -0.910. The number of unbranched alkanes of at least 4 members (excludes halogenated alkanes) is 12. The number of hydrogen-bond donors (Lipinski definition) is 1. The van der Waals surface area contributed by atoms with Gasteiger partial charge in [-0.05, 0) is 43.4 Å². The fourth-order valence-corrected chi connectivity index (χ4v) is 5.07. The first-order valence-corrected chi connectivity index (χ1v) is 13.7. The standard InChI is InChI=1S/C26H46O3S.H3N/c1-23(2)19-16-14-12-10-8-6-5-7-9-11-13-15-17-22-29-30(27,28)26-21-18-20-24(3)25(26)4;/h18,20-21,23H,5-17,19,22H2,1-4H3;1H3. The number of benzene rings is 1. The third-order valence-electron chi connectivity index (χ3n) is 5.99. The molecule has 1 rings (SSSR count). The van der Waals surface area contributed by atoms with E-state index in [1.807, 2.05) is 19.9 Å². The van der Waals surface area contributed by atoms with Gasteiger partial charge < -0.3 is 6.15 Å². The van der Waals surface area contributed by atoms with Crippen LogP contribution in [0.3, 0.4) is 0 Å². The molecular formula is C26H49NO3S. The van der Waals surface area contributed by atoms with Gasteiger partial charge >= 0.3 is 0 Å². The van der Waals surface area contributed by atoms with Crippen LogP contribution in [0.15, 0.2) is 23.1 Å². The van der Waals surface area contributed by atoms with Crippen molar-refractivity contribution in [2.75, 3.05) is 6.61 Å². The first kappa shape index (κ1) is 30.1. The molecule has 0 saturated carbocycles. The quantitative estimate of drug-likeness (QED) is 0.178. The summed E-state index contributed by atoms with van der Waals surface area (Å²) < 4.78 is 29.9. The Morgan fingerprint density at radius 2 is 1.19 bits per heavy atom. The summed E-state index contributed by atoms with van der Waals surface area (Å²) >= 11 is 0. The second-order valence-corrected chi connectivity index (χ2v) is 10.8. The molecule has 0 radical (unpaired) electrons. The lowest BCUT2D eigenvalue weighted by Gasteiger charge is -2.10. The van der Waals surface area contributed by atoms with Gasteiger partial charge in [-0.2, -0.15) is 8.42 Å². The van der Waals surface area contributed by atoms with Gasteiger partial charge in [0.05, 0.1) is 11.5 Å². The van der Waals surface area contributed by atoms with Crippen molar-refractivity contribution in [1.82, 2.24) is 6.15 Å². The smallest absolute Gasteiger partial charge is 0.297 e. The molecule has 0 aliphatic heterocycles. The minimum absolute atomic E-state index is 0. The van der Waals surface area contributed by atoms with Crippen LogP contribution in [0.1, 0.15) is 115 Å². The minimum atomic E-state index is -3.64. The van der Waals surface area contributed by atoms with Crippen LogP contribution in [-0.2, 0) is 14.3 Å². The Balaban J connectivity index is 0.00000900. The van der Waals surface area contributed by atoms with E-state index in [9.17, 15) is 8.42 Å². The lowest BCUT2D eigenvalue weighted by Crippen LogP contribution is -2.09. The normalized spacial score (nSPS) is 11.6. The molecule has 0 atom stereocenters. The molecule has 0 fully saturated rings. The monoisotopic (exact) mass is 455 g/mol. The average Bonchev–Trinajstić information content (AvgIpc) is 2.69. The van der Waals surface area contributed by atoms with Crippen LogP contribution in [-0.4, -0.2) is 15.0 Å². The molecule has 1 aromatic rings. The molecule has 0 bridgehead atoms. The second kappa shape index (κ2) is 17.6. The molecule has 0 saturated heterocycles. The molecule has 0 unspecified atom stereocenters. The molecule has 182 valence electrons. The Bertz CT molecular complexity index is 671. The summed E-state index contributed by atoms with van der Waals surface area (Å²) in [5, 5.41) is 0. The number of hydrogen-bond acceptors (Lipinski definition) is 4. The van der Waals surface area contributed by atoms with E-state index in [1.165, 1.54) is 77.0 Å². The zero-order chi connectivity index (χ0) is 22.2. The van der Waals surface area contributed by atoms with E-state index in [2.05, 4.69) is 13.8 Å². The molecule has 0 aliphatic rings. The van der Waals surface area contributed by atoms with E-state index in [0.29, 0.717) is 4.90 Å². The average molecular weight is 456 g/mol. The minimum Gasteiger partial charge on any atom is -0.344 e. The van der Waals surface area contributed by atoms with Gasteiger partial charge in [0.25, 0.3) is 10.1 Å². The fraction of sp³-hybridized carbons (Fsp3) is 0.769. The molecule has 0 heterocycles. The zero-order valence-electron chi connectivity index (χ0n) is 20.8. The van der Waals surface area contributed by atoms with Crippen molar-refractivity contribution in [2.24, 2.45) is 5.92 Å². The maximum absolute atomic E-state index is 12.3. The van der Waals surface area contributed by atoms with Gasteiger partial charge in [-0.3, -0.25) is 4.18 Å². The van der Waals surface area contributed by atoms with Crippen LogP contribution in [0.2, 0.25) is 0 Å². The molecule has 0 aliphatic carbocycles. The van der Waals surface area contributed by atoms with E-state index < -0.39 is 10.1 Å². The van der Waals surface area contributed by atoms with Crippen LogP contribution in [0, 0.1) is 19.8 Å². The van der Waals surface area contributed by atoms with Crippen LogP contribution in [0.4, 0.5) is 0 Å². The lowest BCUT2D eigenvalue weighted by atomic mass is 10.0. The van der Waals surface area contributed by atoms with Gasteiger partial charge in [-0.15, -0.1) is 0 Å². The zero-order valence-corrected chi connectivity index (χ0v) is 21.6. The van der Waals surface area contributed by atoms with Gasteiger partial charge in [0.2, 0.25) is 0 Å². The third-order valence-corrected chi connectivity index (χ3v) is 7.45. The summed E-state index contributed by atoms with van der Waals surface area (Å²) in [7, 11) is -3.64. The molecular weight excluding hydrogens is 406 g/mol. The van der Waals surface area contributed by atoms with E-state index >= 15 is 0 Å². The van der Waals surface area contributed by atoms with Crippen molar-refractivity contribution in [2.45, 2.75) is 122 Å². The lowest BCUT2D eigenvalue weighted by molar-refractivity contribution is 0.306.